The van der Waals surface area contributed by atoms with E-state index >= 15 is 0 Å². The molecule has 1 unspecified atom stereocenters. The highest BCUT2D eigenvalue weighted by Gasteiger charge is 2.13. The molecule has 6 heteroatoms. The second-order valence-electron chi connectivity index (χ2n) is 7.94. The lowest BCUT2D eigenvalue weighted by atomic mass is 9.99. The van der Waals surface area contributed by atoms with Crippen molar-refractivity contribution < 1.29 is 9.59 Å². The quantitative estimate of drug-likeness (QED) is 0.539. The van der Waals surface area contributed by atoms with Gasteiger partial charge in [-0.15, -0.1) is 0 Å². The van der Waals surface area contributed by atoms with Crippen LogP contribution in [0.1, 0.15) is 61.1 Å². The van der Waals surface area contributed by atoms with Gasteiger partial charge in [0.2, 0.25) is 5.91 Å². The largest absolute Gasteiger partial charge is 0.350 e. The number of nitrogens with one attached hydrogen (secondary N) is 1. The molecule has 0 fully saturated rings. The summed E-state index contributed by atoms with van der Waals surface area (Å²) in [6.07, 6.45) is 4.49. The second-order valence-corrected chi connectivity index (χ2v) is 7.94. The maximum absolute atomic E-state index is 12.4. The van der Waals surface area contributed by atoms with E-state index in [-0.39, 0.29) is 30.6 Å². The average Bonchev–Trinajstić information content (AvgIpc) is 3.27. The lowest BCUT2D eigenvalue weighted by molar-refractivity contribution is -0.121. The highest BCUT2D eigenvalue weighted by molar-refractivity contribution is 5.98. The fraction of sp³-hybridized carbons (Fsp3) is 0.333. The minimum absolute atomic E-state index is 0.00825. The molecule has 2 aromatic carbocycles. The predicted molar refractivity (Wildman–Crippen MR) is 116 cm³/mol. The molecule has 30 heavy (non-hydrogen) atoms. The Bertz CT molecular complexity index is 961. The molecule has 1 amide bonds. The summed E-state index contributed by atoms with van der Waals surface area (Å²) in [6.45, 7) is 6.27. The number of ketones is 1. The SMILES string of the molecule is CC(C)Cc1ccc(C(=O)CCC(=O)NC(C)c2ccc(-n3cncn3)cc2)cc1. The van der Waals surface area contributed by atoms with Gasteiger partial charge in [-0.05, 0) is 42.5 Å². The van der Waals surface area contributed by atoms with Crippen LogP contribution < -0.4 is 5.32 Å². The summed E-state index contributed by atoms with van der Waals surface area (Å²) in [5.74, 6) is 0.440. The van der Waals surface area contributed by atoms with Crippen LogP contribution in [-0.2, 0) is 11.2 Å². The van der Waals surface area contributed by atoms with E-state index in [0.29, 0.717) is 11.5 Å². The van der Waals surface area contributed by atoms with Gasteiger partial charge in [-0.2, -0.15) is 5.10 Å². The number of hydrogen-bond acceptors (Lipinski definition) is 4. The van der Waals surface area contributed by atoms with Gasteiger partial charge in [0, 0.05) is 18.4 Å². The first kappa shape index (κ1) is 21.4. The van der Waals surface area contributed by atoms with Gasteiger partial charge < -0.3 is 5.32 Å². The number of Topliss-reactive ketones (excluding diaryl/α,β-unsaturated/α-hetero) is 1. The van der Waals surface area contributed by atoms with Crippen molar-refractivity contribution in [3.05, 3.63) is 77.9 Å². The second kappa shape index (κ2) is 9.96. The van der Waals surface area contributed by atoms with Crippen LogP contribution in [0.4, 0.5) is 0 Å². The highest BCUT2D eigenvalue weighted by Crippen LogP contribution is 2.16. The zero-order chi connectivity index (χ0) is 21.5. The molecule has 156 valence electrons. The molecule has 0 aliphatic rings. The normalized spacial score (nSPS) is 12.0. The Morgan fingerprint density at radius 1 is 0.967 bits per heavy atom. The Kier molecular flexibility index (Phi) is 7.12. The van der Waals surface area contributed by atoms with Crippen LogP contribution in [0.2, 0.25) is 0 Å². The Labute approximate surface area is 177 Å². The summed E-state index contributed by atoms with van der Waals surface area (Å²) in [4.78, 5) is 28.6. The van der Waals surface area contributed by atoms with Gasteiger partial charge >= 0.3 is 0 Å². The van der Waals surface area contributed by atoms with Crippen molar-refractivity contribution in [1.82, 2.24) is 20.1 Å². The van der Waals surface area contributed by atoms with Crippen molar-refractivity contribution >= 4 is 11.7 Å². The van der Waals surface area contributed by atoms with Crippen LogP contribution in [0.3, 0.4) is 0 Å². The van der Waals surface area contributed by atoms with Gasteiger partial charge in [0.05, 0.1) is 11.7 Å². The Balaban J connectivity index is 1.48. The van der Waals surface area contributed by atoms with E-state index in [2.05, 4.69) is 29.2 Å². The monoisotopic (exact) mass is 404 g/mol. The third-order valence-electron chi connectivity index (χ3n) is 4.95. The molecular weight excluding hydrogens is 376 g/mol. The van der Waals surface area contributed by atoms with E-state index in [1.165, 1.54) is 11.9 Å². The van der Waals surface area contributed by atoms with Gasteiger partial charge in [0.1, 0.15) is 12.7 Å². The standard InChI is InChI=1S/C24H28N4O2/c1-17(2)14-19-4-6-21(7-5-19)23(29)12-13-24(30)27-18(3)20-8-10-22(11-9-20)28-16-25-15-26-28/h4-11,15-18H,12-14H2,1-3H3,(H,27,30). The van der Waals surface area contributed by atoms with Crippen LogP contribution in [0.15, 0.2) is 61.2 Å². The molecule has 1 N–H and O–H groups in total. The number of aromatic nitrogens is 3. The summed E-state index contributed by atoms with van der Waals surface area (Å²) in [6, 6.07) is 15.3. The smallest absolute Gasteiger partial charge is 0.220 e. The highest BCUT2D eigenvalue weighted by atomic mass is 16.2. The van der Waals surface area contributed by atoms with Crippen molar-refractivity contribution in [2.75, 3.05) is 0 Å². The van der Waals surface area contributed by atoms with E-state index in [0.717, 1.165) is 17.7 Å². The molecular formula is C24H28N4O2. The van der Waals surface area contributed by atoms with Gasteiger partial charge in [-0.3, -0.25) is 9.59 Å². The maximum atomic E-state index is 12.4. The summed E-state index contributed by atoms with van der Waals surface area (Å²) < 4.78 is 1.67. The topological polar surface area (TPSA) is 76.9 Å². The molecule has 0 aliphatic heterocycles. The van der Waals surface area contributed by atoms with Crippen LogP contribution in [-0.4, -0.2) is 26.5 Å². The molecule has 0 aliphatic carbocycles. The first-order valence-electron chi connectivity index (χ1n) is 10.3. The Hall–Kier alpha value is -3.28. The molecule has 0 radical (unpaired) electrons. The van der Waals surface area contributed by atoms with Crippen LogP contribution in [0.25, 0.3) is 5.69 Å². The molecule has 0 saturated heterocycles. The summed E-state index contributed by atoms with van der Waals surface area (Å²) in [5, 5.41) is 7.06. The molecule has 6 nitrogen and oxygen atoms in total. The van der Waals surface area contributed by atoms with Gasteiger partial charge in [0.25, 0.3) is 0 Å². The number of carbonyl (C=O) groups excluding carboxylic acids is 2. The minimum Gasteiger partial charge on any atom is -0.350 e. The molecule has 1 heterocycles. The summed E-state index contributed by atoms with van der Waals surface area (Å²) >= 11 is 0. The Morgan fingerprint density at radius 2 is 1.67 bits per heavy atom. The fourth-order valence-electron chi connectivity index (χ4n) is 3.32. The number of carbonyl (C=O) groups is 2. The summed E-state index contributed by atoms with van der Waals surface area (Å²) in [7, 11) is 0. The molecule has 0 spiro atoms. The van der Waals surface area contributed by atoms with E-state index in [1.807, 2.05) is 55.5 Å². The van der Waals surface area contributed by atoms with Crippen molar-refractivity contribution in [2.24, 2.45) is 5.92 Å². The number of amides is 1. The van der Waals surface area contributed by atoms with Gasteiger partial charge in [0.15, 0.2) is 5.78 Å². The first-order chi connectivity index (χ1) is 14.4. The third-order valence-corrected chi connectivity index (χ3v) is 4.95. The van der Waals surface area contributed by atoms with Crippen molar-refractivity contribution in [1.29, 1.82) is 0 Å². The predicted octanol–water partition coefficient (Wildman–Crippen LogP) is 4.31. The number of rotatable bonds is 9. The molecule has 3 aromatic rings. The summed E-state index contributed by atoms with van der Waals surface area (Å²) in [5.41, 5.74) is 3.77. The van der Waals surface area contributed by atoms with Crippen molar-refractivity contribution in [3.63, 3.8) is 0 Å². The van der Waals surface area contributed by atoms with E-state index < -0.39 is 0 Å². The zero-order valence-corrected chi connectivity index (χ0v) is 17.7. The third kappa shape index (κ3) is 5.86. The van der Waals surface area contributed by atoms with Gasteiger partial charge in [-0.25, -0.2) is 9.67 Å². The Morgan fingerprint density at radius 3 is 2.27 bits per heavy atom. The van der Waals surface area contributed by atoms with E-state index in [9.17, 15) is 9.59 Å². The molecule has 1 atom stereocenters. The van der Waals surface area contributed by atoms with E-state index in [4.69, 9.17) is 0 Å². The van der Waals surface area contributed by atoms with Crippen LogP contribution in [0.5, 0.6) is 0 Å². The van der Waals surface area contributed by atoms with Crippen molar-refractivity contribution in [3.8, 4) is 5.69 Å². The molecule has 0 bridgehead atoms. The lowest BCUT2D eigenvalue weighted by Crippen LogP contribution is -2.27. The molecule has 0 saturated carbocycles. The van der Waals surface area contributed by atoms with Crippen LogP contribution >= 0.6 is 0 Å². The number of benzene rings is 2. The van der Waals surface area contributed by atoms with Gasteiger partial charge in [-0.1, -0.05) is 50.2 Å². The fourth-order valence-corrected chi connectivity index (χ4v) is 3.32. The zero-order valence-electron chi connectivity index (χ0n) is 17.7. The van der Waals surface area contributed by atoms with Crippen LogP contribution in [0, 0.1) is 5.92 Å². The molecule has 3 rings (SSSR count). The minimum atomic E-state index is -0.146. The van der Waals surface area contributed by atoms with Crippen molar-refractivity contribution in [2.45, 2.75) is 46.1 Å². The average molecular weight is 405 g/mol. The number of nitrogens with zero attached hydrogens (tertiary/aromatic N) is 3. The lowest BCUT2D eigenvalue weighted by Gasteiger charge is -2.15. The number of hydrogen-bond donors (Lipinski definition) is 1. The molecule has 1 aromatic heterocycles. The maximum Gasteiger partial charge on any atom is 0.220 e. The first-order valence-corrected chi connectivity index (χ1v) is 10.3. The van der Waals surface area contributed by atoms with E-state index in [1.54, 1.807) is 11.0 Å².